The molecule has 0 saturated heterocycles. The highest BCUT2D eigenvalue weighted by Crippen LogP contribution is 2.25. The van der Waals surface area contributed by atoms with Crippen LogP contribution in [0.4, 0.5) is 5.69 Å². The molecule has 0 fully saturated rings. The molecule has 4 nitrogen and oxygen atoms in total. The lowest BCUT2D eigenvalue weighted by Gasteiger charge is -2.13. The van der Waals surface area contributed by atoms with E-state index in [0.29, 0.717) is 27.7 Å². The van der Waals surface area contributed by atoms with E-state index in [0.717, 1.165) is 5.56 Å². The lowest BCUT2D eigenvalue weighted by atomic mass is 10.0. The molecule has 0 radical (unpaired) electrons. The molecule has 1 atom stereocenters. The summed E-state index contributed by atoms with van der Waals surface area (Å²) in [4.78, 5) is 12.4. The van der Waals surface area contributed by atoms with Crippen molar-refractivity contribution in [1.82, 2.24) is 5.48 Å². The fourth-order valence-electron chi connectivity index (χ4n) is 2.07. The molecule has 2 aromatic carbocycles. The Morgan fingerprint density at radius 3 is 2.59 bits per heavy atom. The Hall–Kier alpha value is -1.59. The van der Waals surface area contributed by atoms with Gasteiger partial charge in [-0.15, -0.1) is 0 Å². The van der Waals surface area contributed by atoms with Gasteiger partial charge in [-0.05, 0) is 43.2 Å². The second-order valence-corrected chi connectivity index (χ2v) is 5.79. The normalized spacial score (nSPS) is 12.0. The van der Waals surface area contributed by atoms with Gasteiger partial charge < -0.3 is 10.5 Å². The van der Waals surface area contributed by atoms with Crippen LogP contribution >= 0.6 is 23.2 Å². The summed E-state index contributed by atoms with van der Waals surface area (Å²) in [7, 11) is 0. The predicted molar refractivity (Wildman–Crippen MR) is 88.9 cm³/mol. The molecule has 3 N–H and O–H groups in total. The van der Waals surface area contributed by atoms with Gasteiger partial charge in [0, 0.05) is 17.3 Å². The first kappa shape index (κ1) is 16.8. The summed E-state index contributed by atoms with van der Waals surface area (Å²) >= 11 is 11.8. The predicted octanol–water partition coefficient (Wildman–Crippen LogP) is 4.16. The zero-order valence-electron chi connectivity index (χ0n) is 11.9. The highest BCUT2D eigenvalue weighted by molar-refractivity contribution is 6.42. The topological polar surface area (TPSA) is 61.4 Å². The summed E-state index contributed by atoms with van der Waals surface area (Å²) in [5.74, 6) is -0.237. The first-order valence-corrected chi connectivity index (χ1v) is 7.50. The number of benzene rings is 2. The number of hydroxylamine groups is 1. The van der Waals surface area contributed by atoms with Gasteiger partial charge in [-0.3, -0.25) is 4.79 Å². The zero-order valence-corrected chi connectivity index (χ0v) is 13.4. The Morgan fingerprint density at radius 1 is 1.18 bits per heavy atom. The molecule has 2 rings (SSSR count). The summed E-state index contributed by atoms with van der Waals surface area (Å²) in [6, 6.07) is 12.0. The quantitative estimate of drug-likeness (QED) is 0.717. The number of anilines is 1. The number of hydrogen-bond donors (Lipinski definition) is 3. The average Bonchev–Trinajstić information content (AvgIpc) is 2.51. The number of carbonyl (C=O) groups excluding carboxylic acids is 1. The van der Waals surface area contributed by atoms with E-state index in [4.69, 9.17) is 28.4 Å². The summed E-state index contributed by atoms with van der Waals surface area (Å²) in [5.41, 5.74) is 4.14. The van der Waals surface area contributed by atoms with Crippen molar-refractivity contribution in [3.8, 4) is 0 Å². The summed E-state index contributed by atoms with van der Waals surface area (Å²) in [6.07, 6.45) is 0.529. The Kier molecular flexibility index (Phi) is 5.80. The maximum Gasteiger partial charge on any atom is 0.255 e. The van der Waals surface area contributed by atoms with Crippen LogP contribution in [0.3, 0.4) is 0 Å². The lowest BCUT2D eigenvalue weighted by Crippen LogP contribution is -2.25. The average molecular weight is 339 g/mol. The number of hydrogen-bond acceptors (Lipinski definition) is 3. The maximum absolute atomic E-state index is 12.4. The second-order valence-electron chi connectivity index (χ2n) is 4.97. The molecule has 0 heterocycles. The van der Waals surface area contributed by atoms with E-state index in [2.05, 4.69) is 10.8 Å². The number of nitrogens with one attached hydrogen (secondary N) is 2. The SMILES string of the molecule is C[C@@H](Cc1ccccc1C(=O)Nc1ccc(Cl)c(Cl)c1)NO. The Morgan fingerprint density at radius 2 is 1.91 bits per heavy atom. The molecule has 0 saturated carbocycles. The molecule has 22 heavy (non-hydrogen) atoms. The molecule has 0 bridgehead atoms. The van der Waals surface area contributed by atoms with E-state index >= 15 is 0 Å². The Labute approximate surface area is 139 Å². The highest BCUT2D eigenvalue weighted by atomic mass is 35.5. The number of amides is 1. The standard InChI is InChI=1S/C16H16Cl2N2O2/c1-10(20-22)8-11-4-2-3-5-13(11)16(21)19-12-6-7-14(17)15(18)9-12/h2-7,9-10,20,22H,8H2,1H3,(H,19,21)/t10-/m0/s1. The van der Waals surface area contributed by atoms with Gasteiger partial charge in [-0.2, -0.15) is 0 Å². The van der Waals surface area contributed by atoms with Crippen molar-refractivity contribution in [3.63, 3.8) is 0 Å². The molecule has 0 spiro atoms. The van der Waals surface area contributed by atoms with E-state index in [-0.39, 0.29) is 11.9 Å². The van der Waals surface area contributed by atoms with Gasteiger partial charge in [-0.25, -0.2) is 5.48 Å². The van der Waals surface area contributed by atoms with Gasteiger partial charge in [0.25, 0.3) is 5.91 Å². The van der Waals surface area contributed by atoms with E-state index in [1.165, 1.54) is 0 Å². The van der Waals surface area contributed by atoms with Gasteiger partial charge in [0.1, 0.15) is 0 Å². The van der Waals surface area contributed by atoms with Gasteiger partial charge in [0.2, 0.25) is 0 Å². The van der Waals surface area contributed by atoms with E-state index < -0.39 is 0 Å². The molecule has 0 aromatic heterocycles. The van der Waals surface area contributed by atoms with Gasteiger partial charge >= 0.3 is 0 Å². The summed E-state index contributed by atoms with van der Waals surface area (Å²) < 4.78 is 0. The zero-order chi connectivity index (χ0) is 16.1. The van der Waals surface area contributed by atoms with Crippen molar-refractivity contribution in [1.29, 1.82) is 0 Å². The van der Waals surface area contributed by atoms with Crippen molar-refractivity contribution >= 4 is 34.8 Å². The molecule has 6 heteroatoms. The van der Waals surface area contributed by atoms with Crippen LogP contribution in [0.15, 0.2) is 42.5 Å². The van der Waals surface area contributed by atoms with Crippen molar-refractivity contribution in [2.45, 2.75) is 19.4 Å². The summed E-state index contributed by atoms with van der Waals surface area (Å²) in [5, 5.41) is 12.5. The number of rotatable bonds is 5. The van der Waals surface area contributed by atoms with Crippen LogP contribution in [-0.2, 0) is 6.42 Å². The monoisotopic (exact) mass is 338 g/mol. The van der Waals surface area contributed by atoms with Crippen LogP contribution in [0.5, 0.6) is 0 Å². The van der Waals surface area contributed by atoms with Crippen molar-refractivity contribution in [3.05, 3.63) is 63.6 Å². The minimum atomic E-state index is -0.237. The van der Waals surface area contributed by atoms with Gasteiger partial charge in [0.05, 0.1) is 10.0 Å². The van der Waals surface area contributed by atoms with E-state index in [9.17, 15) is 4.79 Å². The van der Waals surface area contributed by atoms with Crippen molar-refractivity contribution in [2.75, 3.05) is 5.32 Å². The first-order chi connectivity index (χ1) is 10.5. The van der Waals surface area contributed by atoms with Gasteiger partial charge in [0.15, 0.2) is 0 Å². The van der Waals surface area contributed by atoms with E-state index in [1.807, 2.05) is 19.1 Å². The molecule has 0 aliphatic carbocycles. The van der Waals surface area contributed by atoms with Crippen LogP contribution in [-0.4, -0.2) is 17.2 Å². The fourth-order valence-corrected chi connectivity index (χ4v) is 2.37. The first-order valence-electron chi connectivity index (χ1n) is 6.75. The lowest BCUT2D eigenvalue weighted by molar-refractivity contribution is 0.102. The molecule has 1 amide bonds. The second kappa shape index (κ2) is 7.61. The number of halogens is 2. The Balaban J connectivity index is 2.20. The third-order valence-electron chi connectivity index (χ3n) is 3.19. The minimum Gasteiger partial charge on any atom is -0.322 e. The fraction of sp³-hybridized carbons (Fsp3) is 0.188. The molecule has 116 valence electrons. The van der Waals surface area contributed by atoms with Gasteiger partial charge in [-0.1, -0.05) is 41.4 Å². The number of carbonyl (C=O) groups is 1. The van der Waals surface area contributed by atoms with Crippen molar-refractivity contribution in [2.24, 2.45) is 0 Å². The molecule has 0 unspecified atom stereocenters. The molecule has 0 aliphatic rings. The van der Waals surface area contributed by atoms with E-state index in [1.54, 1.807) is 30.3 Å². The minimum absolute atomic E-state index is 0.154. The third kappa shape index (κ3) is 4.21. The largest absolute Gasteiger partial charge is 0.322 e. The Bertz CT molecular complexity index is 677. The third-order valence-corrected chi connectivity index (χ3v) is 3.92. The van der Waals surface area contributed by atoms with Crippen LogP contribution in [0.2, 0.25) is 10.0 Å². The van der Waals surface area contributed by atoms with Crippen LogP contribution < -0.4 is 10.8 Å². The highest BCUT2D eigenvalue weighted by Gasteiger charge is 2.13. The van der Waals surface area contributed by atoms with Crippen LogP contribution in [0.25, 0.3) is 0 Å². The molecule has 2 aromatic rings. The van der Waals surface area contributed by atoms with Crippen LogP contribution in [0.1, 0.15) is 22.8 Å². The molecule has 0 aliphatic heterocycles. The molecular formula is C16H16Cl2N2O2. The maximum atomic E-state index is 12.4. The van der Waals surface area contributed by atoms with Crippen molar-refractivity contribution < 1.29 is 10.0 Å². The van der Waals surface area contributed by atoms with Crippen LogP contribution in [0, 0.1) is 0 Å². The smallest absolute Gasteiger partial charge is 0.255 e. The summed E-state index contributed by atoms with van der Waals surface area (Å²) in [6.45, 7) is 1.83. The molecular weight excluding hydrogens is 323 g/mol.